The molecule has 2 fully saturated rings. The zero-order valence-electron chi connectivity index (χ0n) is 21.0. The summed E-state index contributed by atoms with van der Waals surface area (Å²) in [5.41, 5.74) is 0.845. The van der Waals surface area contributed by atoms with E-state index in [4.69, 9.17) is 0 Å². The van der Waals surface area contributed by atoms with E-state index >= 15 is 0 Å². The molecule has 2 saturated carbocycles. The van der Waals surface area contributed by atoms with E-state index < -0.39 is 24.1 Å². The van der Waals surface area contributed by atoms with Crippen LogP contribution in [0.15, 0.2) is 30.6 Å². The average molecular weight is 530 g/mol. The Bertz CT molecular complexity index is 1380. The molecule has 2 amide bonds. The molecule has 2 heterocycles. The number of rotatable bonds is 8. The van der Waals surface area contributed by atoms with E-state index in [9.17, 15) is 22.8 Å². The number of halogens is 3. The number of carbonyl (C=O) groups is 2. The minimum Gasteiger partial charge on any atom is -0.406 e. The number of alkyl halides is 3. The highest BCUT2D eigenvalue weighted by Gasteiger charge is 2.34. The predicted octanol–water partition coefficient (Wildman–Crippen LogP) is 3.90. The molecule has 10 nitrogen and oxygen atoms in total. The Labute approximate surface area is 216 Å². The van der Waals surface area contributed by atoms with Crippen LogP contribution in [0.4, 0.5) is 13.2 Å². The Kier molecular flexibility index (Phi) is 6.53. The van der Waals surface area contributed by atoms with Crippen LogP contribution in [0.3, 0.4) is 0 Å². The molecule has 0 aliphatic heterocycles. The highest BCUT2D eigenvalue weighted by molar-refractivity contribution is 5.95. The normalized spacial score (nSPS) is 16.2. The molecule has 2 aromatic heterocycles. The topological polar surface area (TPSA) is 115 Å². The molecule has 0 unspecified atom stereocenters. The van der Waals surface area contributed by atoms with Gasteiger partial charge < -0.3 is 15.0 Å². The summed E-state index contributed by atoms with van der Waals surface area (Å²) in [4.78, 5) is 39.9. The van der Waals surface area contributed by atoms with Gasteiger partial charge in [-0.15, -0.1) is 18.3 Å². The zero-order chi connectivity index (χ0) is 27.2. The minimum absolute atomic E-state index is 0.0508. The van der Waals surface area contributed by atoms with Crippen molar-refractivity contribution in [2.24, 2.45) is 0 Å². The average Bonchev–Trinajstić information content (AvgIpc) is 3.79. The fourth-order valence-electron chi connectivity index (χ4n) is 4.06. The van der Waals surface area contributed by atoms with Crippen molar-refractivity contribution in [2.75, 3.05) is 14.1 Å². The number of benzene rings is 1. The molecule has 0 saturated heterocycles. The van der Waals surface area contributed by atoms with E-state index in [-0.39, 0.29) is 29.0 Å². The molecule has 3 aromatic rings. The largest absolute Gasteiger partial charge is 0.573 e. The second-order valence-corrected chi connectivity index (χ2v) is 9.78. The summed E-state index contributed by atoms with van der Waals surface area (Å²) < 4.78 is 44.2. The number of amides is 2. The molecule has 0 spiro atoms. The SMILES string of the molecule is C[C@H](NC(=O)c1cc(OC(F)(F)F)cc(C2CC2)c1)c1nc(C2CC2)nn1-c1cc(C(=O)N(C)C)ncn1. The maximum Gasteiger partial charge on any atom is 0.573 e. The molecule has 5 rings (SSSR count). The van der Waals surface area contributed by atoms with Crippen molar-refractivity contribution in [1.29, 1.82) is 0 Å². The molecule has 13 heteroatoms. The number of nitrogens with zero attached hydrogens (tertiary/aromatic N) is 6. The second-order valence-electron chi connectivity index (χ2n) is 9.78. The molecular formula is C25H26F3N7O3. The molecule has 1 atom stereocenters. The van der Waals surface area contributed by atoms with Gasteiger partial charge in [-0.3, -0.25) is 9.59 Å². The molecule has 2 aliphatic rings. The van der Waals surface area contributed by atoms with Crippen LogP contribution < -0.4 is 10.1 Å². The third kappa shape index (κ3) is 5.76. The number of ether oxygens (including phenoxy) is 1. The molecule has 1 aromatic carbocycles. The summed E-state index contributed by atoms with van der Waals surface area (Å²) in [7, 11) is 3.22. The number of hydrogen-bond acceptors (Lipinski definition) is 7. The fourth-order valence-corrected chi connectivity index (χ4v) is 4.06. The van der Waals surface area contributed by atoms with Gasteiger partial charge in [-0.2, -0.15) is 4.68 Å². The summed E-state index contributed by atoms with van der Waals surface area (Å²) in [6.07, 6.45) is -0.0522. The van der Waals surface area contributed by atoms with Crippen LogP contribution >= 0.6 is 0 Å². The lowest BCUT2D eigenvalue weighted by molar-refractivity contribution is -0.274. The first-order valence-corrected chi connectivity index (χ1v) is 12.2. The van der Waals surface area contributed by atoms with Crippen molar-refractivity contribution in [2.45, 2.75) is 56.8 Å². The van der Waals surface area contributed by atoms with Crippen LogP contribution in [-0.2, 0) is 0 Å². The second kappa shape index (κ2) is 9.69. The van der Waals surface area contributed by atoms with Gasteiger partial charge in [0.15, 0.2) is 17.5 Å². The van der Waals surface area contributed by atoms with Gasteiger partial charge in [0.05, 0.1) is 6.04 Å². The minimum atomic E-state index is -4.87. The number of aromatic nitrogens is 5. The first kappa shape index (κ1) is 25.6. The molecule has 2 aliphatic carbocycles. The highest BCUT2D eigenvalue weighted by atomic mass is 19.4. The molecular weight excluding hydrogens is 503 g/mol. The van der Waals surface area contributed by atoms with Gasteiger partial charge in [0, 0.05) is 31.6 Å². The monoisotopic (exact) mass is 529 g/mol. The van der Waals surface area contributed by atoms with Gasteiger partial charge in [-0.25, -0.2) is 15.0 Å². The Morgan fingerprint density at radius 3 is 2.42 bits per heavy atom. The summed E-state index contributed by atoms with van der Waals surface area (Å²) >= 11 is 0. The van der Waals surface area contributed by atoms with Crippen LogP contribution in [-0.4, -0.2) is 61.9 Å². The number of nitrogens with one attached hydrogen (secondary N) is 1. The van der Waals surface area contributed by atoms with Crippen LogP contribution in [0.25, 0.3) is 5.82 Å². The fraction of sp³-hybridized carbons (Fsp3) is 0.440. The van der Waals surface area contributed by atoms with Gasteiger partial charge in [0.25, 0.3) is 11.8 Å². The zero-order valence-corrected chi connectivity index (χ0v) is 21.0. The standard InChI is InChI=1S/C25H26F3N7O3/c1-13(31-23(36)17-8-16(14-4-5-14)9-18(10-17)38-25(26,27)28)22-32-21(15-6-7-15)33-35(22)20-11-19(29-12-30-20)24(37)34(2)3/h8-15H,4-7H2,1-3H3,(H,31,36)/t13-/m0/s1. The van der Waals surface area contributed by atoms with E-state index in [1.165, 1.54) is 28.0 Å². The summed E-state index contributed by atoms with van der Waals surface area (Å²) in [5.74, 6) is 0.239. The molecule has 1 N–H and O–H groups in total. The van der Waals surface area contributed by atoms with Crippen LogP contribution in [0.2, 0.25) is 0 Å². The first-order valence-electron chi connectivity index (χ1n) is 12.2. The van der Waals surface area contributed by atoms with E-state index in [1.54, 1.807) is 27.1 Å². The third-order valence-corrected chi connectivity index (χ3v) is 6.29. The van der Waals surface area contributed by atoms with E-state index in [2.05, 4.69) is 30.1 Å². The Morgan fingerprint density at radius 1 is 1.08 bits per heavy atom. The van der Waals surface area contributed by atoms with Crippen molar-refractivity contribution in [1.82, 2.24) is 34.9 Å². The molecule has 0 bridgehead atoms. The van der Waals surface area contributed by atoms with Gasteiger partial charge in [-0.1, -0.05) is 0 Å². The van der Waals surface area contributed by atoms with Gasteiger partial charge >= 0.3 is 6.36 Å². The lowest BCUT2D eigenvalue weighted by Gasteiger charge is -2.16. The van der Waals surface area contributed by atoms with Crippen LogP contribution in [0.5, 0.6) is 5.75 Å². The highest BCUT2D eigenvalue weighted by Crippen LogP contribution is 2.42. The van der Waals surface area contributed by atoms with Crippen molar-refractivity contribution in [3.05, 3.63) is 59.1 Å². The summed E-state index contributed by atoms with van der Waals surface area (Å²) in [5, 5.41) is 7.39. The van der Waals surface area contributed by atoms with E-state index in [1.807, 2.05) is 0 Å². The van der Waals surface area contributed by atoms with Crippen molar-refractivity contribution in [3.63, 3.8) is 0 Å². The quantitative estimate of drug-likeness (QED) is 0.471. The first-order chi connectivity index (χ1) is 18.0. The smallest absolute Gasteiger partial charge is 0.406 e. The van der Waals surface area contributed by atoms with Crippen molar-refractivity contribution >= 4 is 11.8 Å². The Morgan fingerprint density at radius 2 is 1.79 bits per heavy atom. The molecule has 0 radical (unpaired) electrons. The van der Waals surface area contributed by atoms with Gasteiger partial charge in [0.1, 0.15) is 17.8 Å². The van der Waals surface area contributed by atoms with Gasteiger partial charge in [0.2, 0.25) is 0 Å². The predicted molar refractivity (Wildman–Crippen MR) is 128 cm³/mol. The van der Waals surface area contributed by atoms with Crippen LogP contribution in [0, 0.1) is 0 Å². The van der Waals surface area contributed by atoms with Crippen molar-refractivity contribution < 1.29 is 27.5 Å². The van der Waals surface area contributed by atoms with Crippen LogP contribution in [0.1, 0.15) is 88.5 Å². The van der Waals surface area contributed by atoms with Crippen molar-refractivity contribution in [3.8, 4) is 11.6 Å². The summed E-state index contributed by atoms with van der Waals surface area (Å²) in [6, 6.07) is 4.79. The van der Waals surface area contributed by atoms with E-state index in [0.717, 1.165) is 31.7 Å². The van der Waals surface area contributed by atoms with Gasteiger partial charge in [-0.05, 0) is 62.3 Å². The maximum absolute atomic E-state index is 13.2. The number of hydrogen-bond donors (Lipinski definition) is 1. The Balaban J connectivity index is 1.44. The number of carbonyl (C=O) groups excluding carboxylic acids is 2. The summed E-state index contributed by atoms with van der Waals surface area (Å²) in [6.45, 7) is 1.69. The lowest BCUT2D eigenvalue weighted by atomic mass is 10.1. The lowest BCUT2D eigenvalue weighted by Crippen LogP contribution is -2.29. The maximum atomic E-state index is 13.2. The Hall–Kier alpha value is -4.03. The molecule has 200 valence electrons. The van der Waals surface area contributed by atoms with E-state index in [0.29, 0.717) is 23.0 Å². The third-order valence-electron chi connectivity index (χ3n) is 6.29. The molecule has 38 heavy (non-hydrogen) atoms.